The first-order valence-electron chi connectivity index (χ1n) is 6.96. The number of amides is 1. The molecule has 1 amide bonds. The number of carbonyl (C=O) groups is 1. The van der Waals surface area contributed by atoms with Crippen LogP contribution in [0.15, 0.2) is 18.2 Å². The van der Waals surface area contributed by atoms with Crippen LogP contribution in [0.5, 0.6) is 0 Å². The van der Waals surface area contributed by atoms with Crippen molar-refractivity contribution < 1.29 is 13.9 Å². The summed E-state index contributed by atoms with van der Waals surface area (Å²) in [4.78, 5) is 12.3. The van der Waals surface area contributed by atoms with Gasteiger partial charge >= 0.3 is 0 Å². The van der Waals surface area contributed by atoms with E-state index in [1.807, 2.05) is 0 Å². The van der Waals surface area contributed by atoms with E-state index in [4.69, 9.17) is 10.5 Å². The summed E-state index contributed by atoms with van der Waals surface area (Å²) in [5, 5.41) is 2.92. The summed E-state index contributed by atoms with van der Waals surface area (Å²) in [6, 6.07) is 4.05. The Morgan fingerprint density at radius 1 is 1.52 bits per heavy atom. The molecule has 0 spiro atoms. The minimum Gasteiger partial charge on any atom is -0.381 e. The molecule has 1 aliphatic carbocycles. The van der Waals surface area contributed by atoms with Crippen molar-refractivity contribution in [3.63, 3.8) is 0 Å². The smallest absolute Gasteiger partial charge is 0.252 e. The fourth-order valence-corrected chi connectivity index (χ4v) is 2.51. The molecular formula is C16H19FN2O2. The Bertz CT molecular complexity index is 577. The third kappa shape index (κ3) is 4.03. The van der Waals surface area contributed by atoms with E-state index in [-0.39, 0.29) is 30.2 Å². The molecular weight excluding hydrogens is 271 g/mol. The maximum Gasteiger partial charge on any atom is 0.252 e. The first kappa shape index (κ1) is 15.5. The maximum atomic E-state index is 13.4. The van der Waals surface area contributed by atoms with Crippen LogP contribution < -0.4 is 11.1 Å². The molecule has 0 bridgehead atoms. The Labute approximate surface area is 123 Å². The van der Waals surface area contributed by atoms with Gasteiger partial charge < -0.3 is 15.8 Å². The van der Waals surface area contributed by atoms with Gasteiger partial charge in [-0.05, 0) is 37.5 Å². The molecule has 0 aliphatic heterocycles. The fourth-order valence-electron chi connectivity index (χ4n) is 2.51. The quantitative estimate of drug-likeness (QED) is 0.828. The molecule has 0 saturated heterocycles. The molecule has 0 radical (unpaired) electrons. The van der Waals surface area contributed by atoms with Gasteiger partial charge in [0.15, 0.2) is 0 Å². The van der Waals surface area contributed by atoms with Crippen LogP contribution in [-0.4, -0.2) is 31.7 Å². The molecule has 0 heterocycles. The third-order valence-corrected chi connectivity index (χ3v) is 3.60. The van der Waals surface area contributed by atoms with Gasteiger partial charge in [-0.25, -0.2) is 4.39 Å². The predicted octanol–water partition coefficient (Wildman–Crippen LogP) is 1.43. The minimum atomic E-state index is -0.459. The first-order valence-corrected chi connectivity index (χ1v) is 6.96. The van der Waals surface area contributed by atoms with Crippen molar-refractivity contribution in [3.8, 4) is 11.8 Å². The molecule has 5 heteroatoms. The van der Waals surface area contributed by atoms with Crippen LogP contribution in [0.4, 0.5) is 4.39 Å². The van der Waals surface area contributed by atoms with Gasteiger partial charge in [0.1, 0.15) is 5.82 Å². The molecule has 2 atom stereocenters. The van der Waals surface area contributed by atoms with Crippen LogP contribution in [0.3, 0.4) is 0 Å². The van der Waals surface area contributed by atoms with Crippen molar-refractivity contribution in [2.45, 2.75) is 31.4 Å². The van der Waals surface area contributed by atoms with E-state index in [0.29, 0.717) is 5.56 Å². The average molecular weight is 290 g/mol. The molecule has 0 aromatic heterocycles. The third-order valence-electron chi connectivity index (χ3n) is 3.60. The molecule has 1 aromatic carbocycles. The van der Waals surface area contributed by atoms with Gasteiger partial charge in [0.25, 0.3) is 5.91 Å². The van der Waals surface area contributed by atoms with E-state index in [1.54, 1.807) is 7.11 Å². The Kier molecular flexibility index (Phi) is 5.32. The van der Waals surface area contributed by atoms with Crippen molar-refractivity contribution in [2.24, 2.45) is 5.73 Å². The highest BCUT2D eigenvalue weighted by molar-refractivity contribution is 5.97. The molecule has 1 aromatic rings. The monoisotopic (exact) mass is 290 g/mol. The molecule has 2 rings (SSSR count). The number of ether oxygens (including phenoxy) is 1. The van der Waals surface area contributed by atoms with E-state index in [0.717, 1.165) is 19.3 Å². The summed E-state index contributed by atoms with van der Waals surface area (Å²) in [5.41, 5.74) is 6.07. The van der Waals surface area contributed by atoms with Crippen molar-refractivity contribution in [1.82, 2.24) is 5.32 Å². The van der Waals surface area contributed by atoms with E-state index in [9.17, 15) is 9.18 Å². The lowest BCUT2D eigenvalue weighted by Gasteiger charge is -2.14. The molecule has 3 N–H and O–H groups in total. The second-order valence-corrected chi connectivity index (χ2v) is 5.04. The van der Waals surface area contributed by atoms with Crippen LogP contribution >= 0.6 is 0 Å². The Morgan fingerprint density at radius 3 is 3.00 bits per heavy atom. The van der Waals surface area contributed by atoms with Crippen molar-refractivity contribution in [2.75, 3.05) is 13.7 Å². The Hall–Kier alpha value is -1.90. The Morgan fingerprint density at radius 2 is 2.33 bits per heavy atom. The van der Waals surface area contributed by atoms with Gasteiger partial charge in [0.05, 0.1) is 18.2 Å². The lowest BCUT2D eigenvalue weighted by Crippen LogP contribution is -2.33. The zero-order chi connectivity index (χ0) is 15.2. The summed E-state index contributed by atoms with van der Waals surface area (Å²) in [6.45, 7) is 0.191. The fraction of sp³-hybridized carbons (Fsp3) is 0.438. The molecule has 112 valence electrons. The predicted molar refractivity (Wildman–Crippen MR) is 78.2 cm³/mol. The highest BCUT2D eigenvalue weighted by atomic mass is 19.1. The highest BCUT2D eigenvalue weighted by Gasteiger charge is 2.26. The van der Waals surface area contributed by atoms with E-state index in [2.05, 4.69) is 17.2 Å². The van der Waals surface area contributed by atoms with Crippen LogP contribution in [0.2, 0.25) is 0 Å². The Balaban J connectivity index is 2.13. The maximum absolute atomic E-state index is 13.4. The number of halogens is 1. The zero-order valence-corrected chi connectivity index (χ0v) is 12.0. The standard InChI is InChI=1S/C16H19FN2O2/c1-21-14-7-6-13(10-14)19-16(20)15-9-12(17)5-4-11(15)3-2-8-18/h4-5,9,13-14H,6-8,10,18H2,1H3,(H,19,20). The average Bonchev–Trinajstić information content (AvgIpc) is 2.93. The van der Waals surface area contributed by atoms with Gasteiger partial charge in [-0.15, -0.1) is 0 Å². The largest absolute Gasteiger partial charge is 0.381 e. The van der Waals surface area contributed by atoms with Crippen LogP contribution in [0, 0.1) is 17.7 Å². The van der Waals surface area contributed by atoms with E-state index >= 15 is 0 Å². The minimum absolute atomic E-state index is 0.0565. The van der Waals surface area contributed by atoms with E-state index < -0.39 is 5.82 Å². The van der Waals surface area contributed by atoms with Gasteiger partial charge in [-0.3, -0.25) is 4.79 Å². The number of nitrogens with two attached hydrogens (primary N) is 1. The van der Waals surface area contributed by atoms with Crippen molar-refractivity contribution in [3.05, 3.63) is 35.1 Å². The van der Waals surface area contributed by atoms with E-state index in [1.165, 1.54) is 18.2 Å². The number of hydrogen-bond acceptors (Lipinski definition) is 3. The topological polar surface area (TPSA) is 64.3 Å². The number of carbonyl (C=O) groups excluding carboxylic acids is 1. The molecule has 1 aliphatic rings. The molecule has 1 saturated carbocycles. The van der Waals surface area contributed by atoms with Gasteiger partial charge in [0.2, 0.25) is 0 Å². The number of hydrogen-bond donors (Lipinski definition) is 2. The SMILES string of the molecule is COC1CCC(NC(=O)c2cc(F)ccc2C#CCN)C1. The van der Waals surface area contributed by atoms with Crippen LogP contribution in [0.25, 0.3) is 0 Å². The lowest BCUT2D eigenvalue weighted by atomic mass is 10.1. The summed E-state index contributed by atoms with van der Waals surface area (Å²) in [7, 11) is 1.67. The van der Waals surface area contributed by atoms with Crippen molar-refractivity contribution in [1.29, 1.82) is 0 Å². The number of rotatable bonds is 3. The first-order chi connectivity index (χ1) is 10.1. The molecule has 4 nitrogen and oxygen atoms in total. The van der Waals surface area contributed by atoms with Crippen LogP contribution in [-0.2, 0) is 4.74 Å². The van der Waals surface area contributed by atoms with Crippen molar-refractivity contribution >= 4 is 5.91 Å². The molecule has 2 unspecified atom stereocenters. The highest BCUT2D eigenvalue weighted by Crippen LogP contribution is 2.22. The number of nitrogens with one attached hydrogen (secondary N) is 1. The normalized spacial score (nSPS) is 20.7. The molecule has 21 heavy (non-hydrogen) atoms. The number of benzene rings is 1. The second kappa shape index (κ2) is 7.21. The zero-order valence-electron chi connectivity index (χ0n) is 12.0. The van der Waals surface area contributed by atoms with Gasteiger partial charge in [-0.1, -0.05) is 11.8 Å². The lowest BCUT2D eigenvalue weighted by molar-refractivity contribution is 0.0914. The summed E-state index contributed by atoms with van der Waals surface area (Å²) < 4.78 is 18.7. The summed E-state index contributed by atoms with van der Waals surface area (Å²) >= 11 is 0. The van der Waals surface area contributed by atoms with Gasteiger partial charge in [-0.2, -0.15) is 0 Å². The number of methoxy groups -OCH3 is 1. The summed E-state index contributed by atoms with van der Waals surface area (Å²) in [6.07, 6.45) is 2.74. The van der Waals surface area contributed by atoms with Crippen LogP contribution in [0.1, 0.15) is 35.2 Å². The second-order valence-electron chi connectivity index (χ2n) is 5.04. The summed E-state index contributed by atoms with van der Waals surface area (Å²) in [5.74, 6) is 4.72. The van der Waals surface area contributed by atoms with Gasteiger partial charge in [0, 0.05) is 18.7 Å². The molecule has 1 fully saturated rings.